The second-order valence-electron chi connectivity index (χ2n) is 4.92. The van der Waals surface area contributed by atoms with Gasteiger partial charge >= 0.3 is 0 Å². The van der Waals surface area contributed by atoms with Crippen LogP contribution in [0.1, 0.15) is 19.4 Å². The van der Waals surface area contributed by atoms with Gasteiger partial charge in [0.05, 0.1) is 6.04 Å². The highest BCUT2D eigenvalue weighted by Crippen LogP contribution is 2.26. The normalized spacial score (nSPS) is 12.1. The first kappa shape index (κ1) is 15.8. The summed E-state index contributed by atoms with van der Waals surface area (Å²) in [6, 6.07) is 16.7. The number of carbonyl (C=O) groups excluding carboxylic acids is 1. The number of carbonyl (C=O) groups is 1. The molecule has 4 heteroatoms. The lowest BCUT2D eigenvalue weighted by Crippen LogP contribution is -2.32. The summed E-state index contributed by atoms with van der Waals surface area (Å²) in [6.45, 7) is 3.05. The first-order chi connectivity index (χ1) is 10.6. The number of hydrogen-bond donors (Lipinski definition) is 1. The van der Waals surface area contributed by atoms with Crippen molar-refractivity contribution in [2.24, 2.45) is 0 Å². The summed E-state index contributed by atoms with van der Waals surface area (Å²) in [5.74, 6) is 1.07. The molecule has 2 rings (SSSR count). The Labute approximate surface area is 130 Å². The van der Waals surface area contributed by atoms with Crippen LogP contribution in [0.4, 0.5) is 0 Å². The van der Waals surface area contributed by atoms with Crippen LogP contribution in [0.15, 0.2) is 60.7 Å². The smallest absolute Gasteiger partial charge is 0.243 e. The van der Waals surface area contributed by atoms with Gasteiger partial charge in [0.1, 0.15) is 11.5 Å². The van der Waals surface area contributed by atoms with E-state index in [1.807, 2.05) is 60.7 Å². The van der Waals surface area contributed by atoms with E-state index in [2.05, 4.69) is 0 Å². The summed E-state index contributed by atoms with van der Waals surface area (Å²) in [5.41, 5.74) is 0.871. The van der Waals surface area contributed by atoms with Gasteiger partial charge in [0.2, 0.25) is 5.91 Å². The van der Waals surface area contributed by atoms with E-state index in [0.29, 0.717) is 10.8 Å². The van der Waals surface area contributed by atoms with Crippen molar-refractivity contribution in [3.63, 3.8) is 0 Å². The van der Waals surface area contributed by atoms with Crippen LogP contribution in [0.2, 0.25) is 0 Å². The average Bonchev–Trinajstić information content (AvgIpc) is 2.54. The molecule has 0 bridgehead atoms. The number of hydroxylamine groups is 2. The molecule has 0 heterocycles. The molecule has 1 unspecified atom stereocenters. The average molecular weight is 297 g/mol. The minimum absolute atomic E-state index is 0.397. The molecule has 2 aromatic carbocycles. The fraction of sp³-hybridized carbons (Fsp3) is 0.167. The van der Waals surface area contributed by atoms with Gasteiger partial charge in [0, 0.05) is 12.5 Å². The van der Waals surface area contributed by atoms with Crippen molar-refractivity contribution in [1.82, 2.24) is 5.06 Å². The number of para-hydroxylation sites is 2. The Morgan fingerprint density at radius 2 is 1.77 bits per heavy atom. The number of hydrogen-bond acceptors (Lipinski definition) is 3. The molecule has 0 spiro atoms. The monoisotopic (exact) mass is 297 g/mol. The van der Waals surface area contributed by atoms with E-state index in [1.165, 1.54) is 6.92 Å². The van der Waals surface area contributed by atoms with Crippen LogP contribution in [0, 0.1) is 0 Å². The highest BCUT2D eigenvalue weighted by Gasteiger charge is 2.11. The third-order valence-corrected chi connectivity index (χ3v) is 3.15. The van der Waals surface area contributed by atoms with Gasteiger partial charge in [-0.05, 0) is 25.1 Å². The molecular weight excluding hydrogens is 278 g/mol. The summed E-state index contributed by atoms with van der Waals surface area (Å²) in [6.07, 6.45) is 3.57. The van der Waals surface area contributed by atoms with Gasteiger partial charge in [-0.2, -0.15) is 0 Å². The molecule has 1 atom stereocenters. The summed E-state index contributed by atoms with van der Waals surface area (Å²) in [7, 11) is 0. The third-order valence-electron chi connectivity index (χ3n) is 3.15. The van der Waals surface area contributed by atoms with Crippen molar-refractivity contribution in [2.75, 3.05) is 0 Å². The first-order valence-electron chi connectivity index (χ1n) is 7.06. The zero-order valence-corrected chi connectivity index (χ0v) is 12.6. The maximum atomic E-state index is 11.1. The summed E-state index contributed by atoms with van der Waals surface area (Å²) in [4.78, 5) is 11.1. The molecular formula is C18H19NO3. The quantitative estimate of drug-likeness (QED) is 0.667. The van der Waals surface area contributed by atoms with Crippen molar-refractivity contribution in [2.45, 2.75) is 19.9 Å². The predicted molar refractivity (Wildman–Crippen MR) is 85.8 cm³/mol. The number of rotatable bonds is 5. The van der Waals surface area contributed by atoms with Gasteiger partial charge in [0.25, 0.3) is 0 Å². The Morgan fingerprint density at radius 1 is 1.14 bits per heavy atom. The van der Waals surface area contributed by atoms with Crippen molar-refractivity contribution in [3.05, 3.63) is 66.2 Å². The predicted octanol–water partition coefficient (Wildman–Crippen LogP) is 4.12. The van der Waals surface area contributed by atoms with Crippen molar-refractivity contribution in [3.8, 4) is 11.5 Å². The van der Waals surface area contributed by atoms with E-state index >= 15 is 0 Å². The topological polar surface area (TPSA) is 49.8 Å². The standard InChI is InChI=1S/C18H19NO3/c1-14(19(21)15(2)20)12-13-16-8-6-7-11-18(16)22-17-9-4-3-5-10-17/h3-14,21H,1-2H3. The summed E-state index contributed by atoms with van der Waals surface area (Å²) < 4.78 is 5.86. The van der Waals surface area contributed by atoms with Gasteiger partial charge in [-0.25, -0.2) is 5.06 Å². The fourth-order valence-electron chi connectivity index (χ4n) is 1.94. The van der Waals surface area contributed by atoms with Crippen LogP contribution >= 0.6 is 0 Å². The number of benzene rings is 2. The summed E-state index contributed by atoms with van der Waals surface area (Å²) >= 11 is 0. The van der Waals surface area contributed by atoms with E-state index in [9.17, 15) is 10.0 Å². The van der Waals surface area contributed by atoms with E-state index in [0.717, 1.165) is 11.3 Å². The van der Waals surface area contributed by atoms with Crippen molar-refractivity contribution >= 4 is 12.0 Å². The minimum Gasteiger partial charge on any atom is -0.457 e. The third kappa shape index (κ3) is 4.20. The number of nitrogens with zero attached hydrogens (tertiary/aromatic N) is 1. The van der Waals surface area contributed by atoms with Crippen molar-refractivity contribution < 1.29 is 14.7 Å². The zero-order valence-electron chi connectivity index (χ0n) is 12.6. The van der Waals surface area contributed by atoms with Gasteiger partial charge in [-0.3, -0.25) is 10.0 Å². The lowest BCUT2D eigenvalue weighted by molar-refractivity contribution is -0.167. The molecule has 22 heavy (non-hydrogen) atoms. The van der Waals surface area contributed by atoms with E-state index < -0.39 is 11.9 Å². The molecule has 0 aliphatic carbocycles. The van der Waals surface area contributed by atoms with Crippen LogP contribution in [0.3, 0.4) is 0 Å². The molecule has 4 nitrogen and oxygen atoms in total. The maximum absolute atomic E-state index is 11.1. The summed E-state index contributed by atoms with van der Waals surface area (Å²) in [5, 5.41) is 10.3. The molecule has 1 N–H and O–H groups in total. The molecule has 0 fully saturated rings. The number of amides is 1. The molecule has 114 valence electrons. The lowest BCUT2D eigenvalue weighted by Gasteiger charge is -2.17. The van der Waals surface area contributed by atoms with Gasteiger partial charge in [-0.15, -0.1) is 0 Å². The van der Waals surface area contributed by atoms with E-state index in [1.54, 1.807) is 13.0 Å². The molecule has 0 radical (unpaired) electrons. The van der Waals surface area contributed by atoms with E-state index in [-0.39, 0.29) is 0 Å². The minimum atomic E-state index is -0.415. The molecule has 1 amide bonds. The zero-order chi connectivity index (χ0) is 15.9. The second kappa shape index (κ2) is 7.43. The van der Waals surface area contributed by atoms with Gasteiger partial charge in [0.15, 0.2) is 0 Å². The molecule has 0 aliphatic rings. The Kier molecular flexibility index (Phi) is 5.33. The fourth-order valence-corrected chi connectivity index (χ4v) is 1.94. The lowest BCUT2D eigenvalue weighted by atomic mass is 10.1. The van der Waals surface area contributed by atoms with Crippen LogP contribution < -0.4 is 4.74 Å². The molecule has 0 aromatic heterocycles. The molecule has 0 saturated heterocycles. The van der Waals surface area contributed by atoms with Gasteiger partial charge < -0.3 is 4.74 Å². The van der Waals surface area contributed by atoms with Crippen LogP contribution in [-0.2, 0) is 4.79 Å². The Hall–Kier alpha value is -2.59. The molecule has 2 aromatic rings. The molecule has 0 aliphatic heterocycles. The van der Waals surface area contributed by atoms with Crippen molar-refractivity contribution in [1.29, 1.82) is 0 Å². The highest BCUT2D eigenvalue weighted by molar-refractivity contribution is 5.72. The van der Waals surface area contributed by atoms with Crippen LogP contribution in [-0.4, -0.2) is 22.2 Å². The van der Waals surface area contributed by atoms with Crippen LogP contribution in [0.25, 0.3) is 6.08 Å². The first-order valence-corrected chi connectivity index (χ1v) is 7.06. The number of ether oxygens (including phenoxy) is 1. The van der Waals surface area contributed by atoms with E-state index in [4.69, 9.17) is 4.74 Å². The Morgan fingerprint density at radius 3 is 2.45 bits per heavy atom. The Bertz CT molecular complexity index is 652. The van der Waals surface area contributed by atoms with Gasteiger partial charge in [-0.1, -0.05) is 48.6 Å². The SMILES string of the molecule is CC(=O)N(O)C(C)C=Cc1ccccc1Oc1ccccc1. The Balaban J connectivity index is 2.16. The molecule has 0 saturated carbocycles. The van der Waals surface area contributed by atoms with Crippen LogP contribution in [0.5, 0.6) is 11.5 Å². The second-order valence-corrected chi connectivity index (χ2v) is 4.92. The maximum Gasteiger partial charge on any atom is 0.243 e. The highest BCUT2D eigenvalue weighted by atomic mass is 16.5. The largest absolute Gasteiger partial charge is 0.457 e.